The van der Waals surface area contributed by atoms with Gasteiger partial charge in [-0.25, -0.2) is 4.79 Å². The van der Waals surface area contributed by atoms with E-state index in [9.17, 15) is 9.59 Å². The number of aryl methyl sites for hydroxylation is 2. The van der Waals surface area contributed by atoms with Gasteiger partial charge < -0.3 is 5.32 Å². The first-order chi connectivity index (χ1) is 15.1. The maximum atomic E-state index is 12.2. The summed E-state index contributed by atoms with van der Waals surface area (Å²) < 4.78 is 2.00. The summed E-state index contributed by atoms with van der Waals surface area (Å²) >= 11 is 1.24. The molecule has 2 aromatic heterocycles. The van der Waals surface area contributed by atoms with Gasteiger partial charge >= 0.3 is 6.03 Å². The number of imide groups is 1. The van der Waals surface area contributed by atoms with E-state index in [0.29, 0.717) is 17.5 Å². The molecule has 8 nitrogen and oxygen atoms in total. The molecule has 0 saturated heterocycles. The number of amides is 3. The van der Waals surface area contributed by atoms with E-state index in [2.05, 4.69) is 57.9 Å². The van der Waals surface area contributed by atoms with E-state index < -0.39 is 11.9 Å². The number of benzene rings is 1. The molecule has 0 aliphatic heterocycles. The van der Waals surface area contributed by atoms with Crippen molar-refractivity contribution in [2.45, 2.75) is 38.8 Å². The van der Waals surface area contributed by atoms with Gasteiger partial charge in [-0.3, -0.25) is 19.7 Å². The molecule has 0 unspecified atom stereocenters. The molecule has 9 heteroatoms. The quantitative estimate of drug-likeness (QED) is 0.523. The Bertz CT molecular complexity index is 1030. The van der Waals surface area contributed by atoms with Crippen LogP contribution in [-0.4, -0.2) is 44.0 Å². The van der Waals surface area contributed by atoms with Gasteiger partial charge in [-0.05, 0) is 43.0 Å². The molecule has 2 N–H and O–H groups in total. The molecule has 1 aromatic carbocycles. The van der Waals surface area contributed by atoms with E-state index in [1.807, 2.05) is 16.7 Å². The first-order valence-electron chi connectivity index (χ1n) is 10.3. The minimum Gasteiger partial charge on any atom is -0.338 e. The Morgan fingerprint density at radius 3 is 2.39 bits per heavy atom. The molecule has 0 fully saturated rings. The van der Waals surface area contributed by atoms with E-state index in [-0.39, 0.29) is 5.75 Å². The highest BCUT2D eigenvalue weighted by Crippen LogP contribution is 2.32. The van der Waals surface area contributed by atoms with Crippen LogP contribution in [0.3, 0.4) is 0 Å². The maximum Gasteiger partial charge on any atom is 0.321 e. The van der Waals surface area contributed by atoms with E-state index >= 15 is 0 Å². The Morgan fingerprint density at radius 1 is 1.03 bits per heavy atom. The number of nitrogens with one attached hydrogen (secondary N) is 2. The summed E-state index contributed by atoms with van der Waals surface area (Å²) in [6.45, 7) is 6.46. The van der Waals surface area contributed by atoms with Crippen molar-refractivity contribution in [1.29, 1.82) is 0 Å². The summed E-state index contributed by atoms with van der Waals surface area (Å²) in [4.78, 5) is 28.0. The third-order valence-electron chi connectivity index (χ3n) is 4.66. The molecule has 3 aromatic rings. The monoisotopic (exact) mass is 438 g/mol. The molecule has 0 bridgehead atoms. The van der Waals surface area contributed by atoms with Crippen LogP contribution >= 0.6 is 11.8 Å². The molecule has 0 aliphatic rings. The topological polar surface area (TPSA) is 102 Å². The number of thioether (sulfide) groups is 1. The number of para-hydroxylation sites is 1. The molecular weight excluding hydrogens is 412 g/mol. The molecule has 3 rings (SSSR count). The van der Waals surface area contributed by atoms with Gasteiger partial charge in [-0.2, -0.15) is 0 Å². The van der Waals surface area contributed by atoms with Gasteiger partial charge in [0.05, 0.1) is 11.4 Å². The Morgan fingerprint density at radius 2 is 1.77 bits per heavy atom. The van der Waals surface area contributed by atoms with Crippen LogP contribution in [-0.2, 0) is 17.6 Å². The molecule has 162 valence electrons. The van der Waals surface area contributed by atoms with E-state index in [4.69, 9.17) is 0 Å². The van der Waals surface area contributed by atoms with Crippen LogP contribution in [0.2, 0.25) is 0 Å². The smallest absolute Gasteiger partial charge is 0.321 e. The predicted octanol–water partition coefficient (Wildman–Crippen LogP) is 3.39. The van der Waals surface area contributed by atoms with Gasteiger partial charge in [0.1, 0.15) is 0 Å². The lowest BCUT2D eigenvalue weighted by Gasteiger charge is -2.17. The molecule has 0 atom stereocenters. The maximum absolute atomic E-state index is 12.2. The van der Waals surface area contributed by atoms with Gasteiger partial charge in [0.15, 0.2) is 11.0 Å². The van der Waals surface area contributed by atoms with Crippen LogP contribution in [0.1, 0.15) is 31.9 Å². The zero-order chi connectivity index (χ0) is 22.2. The summed E-state index contributed by atoms with van der Waals surface area (Å²) in [5.74, 6) is 0.307. The fourth-order valence-electron chi connectivity index (χ4n) is 3.25. The lowest BCUT2D eigenvalue weighted by atomic mass is 10.0. The SMILES string of the molecule is CCNC(=O)NC(=O)CSc1nnc(-c2cccnc2)n1-c1c(CC)cccc1CC. The standard InChI is InChI=1S/C22H26N6O2S/c1-4-15-9-7-10-16(5-2)19(15)28-20(17-11-8-12-23-13-17)26-27-22(28)31-14-18(29)25-21(30)24-6-3/h7-13H,4-6,14H2,1-3H3,(H2,24,25,29,30). The summed E-state index contributed by atoms with van der Waals surface area (Å²) in [7, 11) is 0. The summed E-state index contributed by atoms with van der Waals surface area (Å²) in [6, 6.07) is 9.53. The van der Waals surface area contributed by atoms with Crippen molar-refractivity contribution in [2.75, 3.05) is 12.3 Å². The lowest BCUT2D eigenvalue weighted by molar-refractivity contribution is -0.117. The average Bonchev–Trinajstić information content (AvgIpc) is 3.21. The van der Waals surface area contributed by atoms with Gasteiger partial charge in [0.25, 0.3) is 0 Å². The van der Waals surface area contributed by atoms with Crippen LogP contribution in [0.25, 0.3) is 17.1 Å². The van der Waals surface area contributed by atoms with Crippen LogP contribution < -0.4 is 10.6 Å². The number of urea groups is 1. The fourth-order valence-corrected chi connectivity index (χ4v) is 3.98. The minimum absolute atomic E-state index is 0.0397. The van der Waals surface area contributed by atoms with Gasteiger partial charge in [0.2, 0.25) is 5.91 Å². The van der Waals surface area contributed by atoms with Crippen molar-refractivity contribution < 1.29 is 9.59 Å². The number of carbonyl (C=O) groups excluding carboxylic acids is 2. The molecule has 3 amide bonds. The summed E-state index contributed by atoms with van der Waals surface area (Å²) in [6.07, 6.45) is 5.14. The van der Waals surface area contributed by atoms with Crippen molar-refractivity contribution in [3.8, 4) is 17.1 Å². The first kappa shape index (κ1) is 22.5. The number of nitrogens with zero attached hydrogens (tertiary/aromatic N) is 4. The van der Waals surface area contributed by atoms with E-state index in [1.54, 1.807) is 19.3 Å². The van der Waals surface area contributed by atoms with Crippen molar-refractivity contribution in [3.63, 3.8) is 0 Å². The predicted molar refractivity (Wildman–Crippen MR) is 121 cm³/mol. The second kappa shape index (κ2) is 10.7. The number of rotatable bonds is 8. The third-order valence-corrected chi connectivity index (χ3v) is 5.59. The second-order valence-electron chi connectivity index (χ2n) is 6.71. The first-order valence-corrected chi connectivity index (χ1v) is 11.2. The van der Waals surface area contributed by atoms with Gasteiger partial charge in [-0.15, -0.1) is 10.2 Å². The van der Waals surface area contributed by atoms with Gasteiger partial charge in [-0.1, -0.05) is 43.8 Å². The molecule has 0 spiro atoms. The summed E-state index contributed by atoms with van der Waals surface area (Å²) in [5, 5.41) is 14.2. The highest BCUT2D eigenvalue weighted by atomic mass is 32.2. The number of pyridine rings is 1. The highest BCUT2D eigenvalue weighted by Gasteiger charge is 2.21. The minimum atomic E-state index is -0.504. The Labute approximate surface area is 185 Å². The van der Waals surface area contributed by atoms with Crippen molar-refractivity contribution in [3.05, 3.63) is 53.9 Å². The van der Waals surface area contributed by atoms with Gasteiger partial charge in [0, 0.05) is 24.5 Å². The highest BCUT2D eigenvalue weighted by molar-refractivity contribution is 7.99. The molecule has 0 radical (unpaired) electrons. The normalized spacial score (nSPS) is 10.7. The fraction of sp³-hybridized carbons (Fsp3) is 0.318. The van der Waals surface area contributed by atoms with Crippen LogP contribution in [0, 0.1) is 0 Å². The van der Waals surface area contributed by atoms with Crippen LogP contribution in [0.4, 0.5) is 4.79 Å². The Hall–Kier alpha value is -3.20. The Kier molecular flexibility index (Phi) is 7.77. The molecule has 2 heterocycles. The van der Waals surface area contributed by atoms with Crippen LogP contribution in [0.5, 0.6) is 0 Å². The van der Waals surface area contributed by atoms with Crippen molar-refractivity contribution >= 4 is 23.7 Å². The molecule has 31 heavy (non-hydrogen) atoms. The number of carbonyl (C=O) groups is 2. The molecule has 0 saturated carbocycles. The number of aromatic nitrogens is 4. The lowest BCUT2D eigenvalue weighted by Crippen LogP contribution is -2.40. The Balaban J connectivity index is 2.02. The van der Waals surface area contributed by atoms with E-state index in [0.717, 1.165) is 35.2 Å². The molecular formula is C22H26N6O2S. The molecule has 0 aliphatic carbocycles. The largest absolute Gasteiger partial charge is 0.338 e. The number of hydrogen-bond acceptors (Lipinski definition) is 6. The average molecular weight is 439 g/mol. The van der Waals surface area contributed by atoms with Crippen molar-refractivity contribution in [2.24, 2.45) is 0 Å². The zero-order valence-corrected chi connectivity index (χ0v) is 18.7. The van der Waals surface area contributed by atoms with Crippen LogP contribution in [0.15, 0.2) is 47.9 Å². The van der Waals surface area contributed by atoms with Crippen molar-refractivity contribution in [1.82, 2.24) is 30.4 Å². The zero-order valence-electron chi connectivity index (χ0n) is 17.9. The number of hydrogen-bond donors (Lipinski definition) is 2. The second-order valence-corrected chi connectivity index (χ2v) is 7.65. The summed E-state index contributed by atoms with van der Waals surface area (Å²) in [5.41, 5.74) is 4.19. The van der Waals surface area contributed by atoms with E-state index in [1.165, 1.54) is 11.8 Å². The third kappa shape index (κ3) is 5.29.